The van der Waals surface area contributed by atoms with Crippen LogP contribution in [-0.4, -0.2) is 25.3 Å². The molecule has 1 aliphatic heterocycles. The van der Waals surface area contributed by atoms with Crippen molar-refractivity contribution in [3.63, 3.8) is 0 Å². The number of nitrogens with two attached hydrogens (primary N) is 1. The van der Waals surface area contributed by atoms with Gasteiger partial charge in [-0.05, 0) is 19.5 Å². The molecule has 1 aliphatic rings. The summed E-state index contributed by atoms with van der Waals surface area (Å²) < 4.78 is 0. The summed E-state index contributed by atoms with van der Waals surface area (Å²) in [6.45, 7) is 7.31. The van der Waals surface area contributed by atoms with E-state index in [9.17, 15) is 0 Å². The second-order valence-electron chi connectivity index (χ2n) is 3.68. The quantitative estimate of drug-likeness (QED) is 0.476. The van der Waals surface area contributed by atoms with E-state index in [0.717, 1.165) is 18.5 Å². The summed E-state index contributed by atoms with van der Waals surface area (Å²) in [6, 6.07) is 0.398. The van der Waals surface area contributed by atoms with Crippen molar-refractivity contribution in [3.05, 3.63) is 36.3 Å². The Morgan fingerprint density at radius 2 is 2.56 bits per heavy atom. The molecule has 0 aromatic heterocycles. The van der Waals surface area contributed by atoms with Gasteiger partial charge in [0, 0.05) is 42.8 Å². The average molecular weight is 220 g/mol. The van der Waals surface area contributed by atoms with Crippen LogP contribution in [-0.2, 0) is 0 Å². The highest BCUT2D eigenvalue weighted by atomic mass is 14.9. The lowest BCUT2D eigenvalue weighted by Crippen LogP contribution is -2.35. The zero-order chi connectivity index (χ0) is 11.8. The van der Waals surface area contributed by atoms with Gasteiger partial charge in [0.25, 0.3) is 0 Å². The molecule has 1 unspecified atom stereocenters. The van der Waals surface area contributed by atoms with Crippen molar-refractivity contribution < 1.29 is 0 Å². The van der Waals surface area contributed by atoms with Gasteiger partial charge in [0.2, 0.25) is 0 Å². The lowest BCUT2D eigenvalue weighted by Gasteiger charge is -2.19. The maximum atomic E-state index is 5.69. The molecule has 0 fully saturated rings. The van der Waals surface area contributed by atoms with Gasteiger partial charge in [-0.25, -0.2) is 0 Å². The molecule has 1 heterocycles. The highest BCUT2D eigenvalue weighted by Gasteiger charge is 2.08. The van der Waals surface area contributed by atoms with E-state index in [1.54, 1.807) is 12.4 Å². The summed E-state index contributed by atoms with van der Waals surface area (Å²) in [5.41, 5.74) is 7.19. The first kappa shape index (κ1) is 12.5. The maximum absolute atomic E-state index is 5.69. The van der Waals surface area contributed by atoms with Crippen LogP contribution in [0.1, 0.15) is 13.3 Å². The number of nitrogens with one attached hydrogen (secondary N) is 2. The Bertz CT molecular complexity index is 315. The van der Waals surface area contributed by atoms with Crippen LogP contribution >= 0.6 is 0 Å². The van der Waals surface area contributed by atoms with Crippen molar-refractivity contribution in [1.29, 1.82) is 0 Å². The van der Waals surface area contributed by atoms with Crippen LogP contribution < -0.4 is 16.4 Å². The van der Waals surface area contributed by atoms with E-state index >= 15 is 0 Å². The first-order valence-corrected chi connectivity index (χ1v) is 5.49. The largest absolute Gasteiger partial charge is 0.399 e. The van der Waals surface area contributed by atoms with Gasteiger partial charge < -0.3 is 16.4 Å². The van der Waals surface area contributed by atoms with Crippen LogP contribution in [0.15, 0.2) is 41.3 Å². The second kappa shape index (κ2) is 6.85. The molecule has 1 atom stereocenters. The fourth-order valence-corrected chi connectivity index (χ4v) is 1.42. The van der Waals surface area contributed by atoms with E-state index in [1.165, 1.54) is 0 Å². The van der Waals surface area contributed by atoms with Crippen molar-refractivity contribution in [3.8, 4) is 0 Å². The third-order valence-corrected chi connectivity index (χ3v) is 2.39. The number of hydrogen-bond donors (Lipinski definition) is 3. The Labute approximate surface area is 97.0 Å². The molecule has 0 saturated carbocycles. The Morgan fingerprint density at radius 1 is 1.75 bits per heavy atom. The molecule has 0 bridgehead atoms. The van der Waals surface area contributed by atoms with Gasteiger partial charge in [0.15, 0.2) is 0 Å². The van der Waals surface area contributed by atoms with Gasteiger partial charge >= 0.3 is 0 Å². The maximum Gasteiger partial charge on any atom is 0.0329 e. The Hall–Kier alpha value is -1.55. The smallest absolute Gasteiger partial charge is 0.0329 e. The van der Waals surface area contributed by atoms with Crippen LogP contribution in [0.3, 0.4) is 0 Å². The first-order valence-electron chi connectivity index (χ1n) is 5.49. The van der Waals surface area contributed by atoms with Crippen LogP contribution in [0.25, 0.3) is 0 Å². The normalized spacial score (nSPS) is 21.1. The molecule has 0 aromatic carbocycles. The van der Waals surface area contributed by atoms with E-state index in [-0.39, 0.29) is 0 Å². The number of aliphatic imine (C=N–C) groups is 1. The molecule has 16 heavy (non-hydrogen) atoms. The number of rotatable bonds is 5. The van der Waals surface area contributed by atoms with Crippen LogP contribution in [0.2, 0.25) is 0 Å². The minimum atomic E-state index is 0.398. The first-order chi connectivity index (χ1) is 7.74. The van der Waals surface area contributed by atoms with E-state index in [2.05, 4.69) is 28.3 Å². The predicted octanol–water partition coefficient (Wildman–Crippen LogP) is 0.899. The third-order valence-electron chi connectivity index (χ3n) is 2.39. The Balaban J connectivity index is 2.46. The highest BCUT2D eigenvalue weighted by molar-refractivity contribution is 5.54. The zero-order valence-corrected chi connectivity index (χ0v) is 9.74. The summed E-state index contributed by atoms with van der Waals surface area (Å²) in [6.07, 6.45) is 8.65. The molecule has 88 valence electrons. The lowest BCUT2D eigenvalue weighted by molar-refractivity contribution is 0.548. The minimum Gasteiger partial charge on any atom is -0.399 e. The Morgan fingerprint density at radius 3 is 3.12 bits per heavy atom. The summed E-state index contributed by atoms with van der Waals surface area (Å²) in [5.74, 6) is 0. The molecule has 4 N–H and O–H groups in total. The van der Waals surface area contributed by atoms with Crippen molar-refractivity contribution >= 4 is 6.21 Å². The van der Waals surface area contributed by atoms with Crippen LogP contribution in [0, 0.1) is 0 Å². The second-order valence-corrected chi connectivity index (χ2v) is 3.68. The van der Waals surface area contributed by atoms with Gasteiger partial charge in [0.1, 0.15) is 0 Å². The zero-order valence-electron chi connectivity index (χ0n) is 9.74. The summed E-state index contributed by atoms with van der Waals surface area (Å²) in [4.78, 5) is 4.06. The van der Waals surface area contributed by atoms with Crippen LogP contribution in [0.5, 0.6) is 0 Å². The molecular formula is C12H20N4. The van der Waals surface area contributed by atoms with Gasteiger partial charge in [-0.15, -0.1) is 0 Å². The lowest BCUT2D eigenvalue weighted by atomic mass is 10.1. The SMILES string of the molecule is C=C(N)/C(=C\N=CC)CNC1C=CNCC1. The fourth-order valence-electron chi connectivity index (χ4n) is 1.42. The predicted molar refractivity (Wildman–Crippen MR) is 69.1 cm³/mol. The molecule has 4 heteroatoms. The summed E-state index contributed by atoms with van der Waals surface area (Å²) >= 11 is 0. The topological polar surface area (TPSA) is 62.4 Å². The van der Waals surface area contributed by atoms with Crippen molar-refractivity contribution in [2.75, 3.05) is 13.1 Å². The van der Waals surface area contributed by atoms with Crippen molar-refractivity contribution in [1.82, 2.24) is 10.6 Å². The van der Waals surface area contributed by atoms with E-state index in [0.29, 0.717) is 18.3 Å². The molecule has 1 rings (SSSR count). The van der Waals surface area contributed by atoms with Crippen molar-refractivity contribution in [2.24, 2.45) is 10.7 Å². The third kappa shape index (κ3) is 4.31. The molecule has 0 spiro atoms. The molecule has 0 radical (unpaired) electrons. The van der Waals surface area contributed by atoms with Gasteiger partial charge in [-0.1, -0.05) is 12.7 Å². The van der Waals surface area contributed by atoms with E-state index < -0.39 is 0 Å². The summed E-state index contributed by atoms with van der Waals surface area (Å²) in [7, 11) is 0. The van der Waals surface area contributed by atoms with E-state index in [4.69, 9.17) is 5.73 Å². The minimum absolute atomic E-state index is 0.398. The van der Waals surface area contributed by atoms with E-state index in [1.807, 2.05) is 13.1 Å². The molecular weight excluding hydrogens is 200 g/mol. The molecule has 4 nitrogen and oxygen atoms in total. The standard InChI is InChI=1S/C12H20N4/c1-3-14-8-11(10(2)13)9-16-12-4-6-15-7-5-12/h3-4,6,8,12,15-16H,2,5,7,9,13H2,1H3/b11-8-,14-3?. The molecule has 0 amide bonds. The monoisotopic (exact) mass is 220 g/mol. The fraction of sp³-hybridized carbons (Fsp3) is 0.417. The average Bonchev–Trinajstić information content (AvgIpc) is 2.30. The number of hydrogen-bond acceptors (Lipinski definition) is 4. The number of nitrogens with zero attached hydrogens (tertiary/aromatic N) is 1. The Kier molecular flexibility index (Phi) is 5.36. The van der Waals surface area contributed by atoms with Gasteiger partial charge in [0.05, 0.1) is 0 Å². The highest BCUT2D eigenvalue weighted by Crippen LogP contribution is 2.03. The van der Waals surface area contributed by atoms with Gasteiger partial charge in [-0.3, -0.25) is 4.99 Å². The van der Waals surface area contributed by atoms with Crippen molar-refractivity contribution in [2.45, 2.75) is 19.4 Å². The van der Waals surface area contributed by atoms with Crippen LogP contribution in [0.4, 0.5) is 0 Å². The molecule has 0 saturated heterocycles. The molecule has 0 aromatic rings. The summed E-state index contributed by atoms with van der Waals surface area (Å²) in [5, 5.41) is 6.56. The molecule has 0 aliphatic carbocycles. The van der Waals surface area contributed by atoms with Gasteiger partial charge in [-0.2, -0.15) is 0 Å².